The zero-order valence-corrected chi connectivity index (χ0v) is 14.1. The van der Waals surface area contributed by atoms with Crippen molar-refractivity contribution in [3.05, 3.63) is 29.8 Å². The van der Waals surface area contributed by atoms with Crippen LogP contribution in [0.3, 0.4) is 0 Å². The molecule has 4 atom stereocenters. The average molecular weight is 309 g/mol. The van der Waals surface area contributed by atoms with Gasteiger partial charge in [0, 0.05) is 12.6 Å². The molecule has 118 valence electrons. The summed E-state index contributed by atoms with van der Waals surface area (Å²) in [7, 11) is 0. The van der Waals surface area contributed by atoms with Gasteiger partial charge in [-0.05, 0) is 49.4 Å². The molecule has 0 bridgehead atoms. The summed E-state index contributed by atoms with van der Waals surface area (Å²) in [4.78, 5) is 2.45. The van der Waals surface area contributed by atoms with Crippen LogP contribution in [0.15, 0.2) is 24.3 Å². The van der Waals surface area contributed by atoms with Gasteiger partial charge in [0.15, 0.2) is 0 Å². The maximum Gasteiger partial charge on any atom is 0.118 e. The van der Waals surface area contributed by atoms with Crippen molar-refractivity contribution in [1.29, 1.82) is 0 Å². The molecule has 0 aromatic heterocycles. The van der Waals surface area contributed by atoms with Gasteiger partial charge in [-0.15, -0.1) is 0 Å². The predicted molar refractivity (Wildman–Crippen MR) is 88.9 cm³/mol. The normalized spacial score (nSPS) is 28.5. The van der Waals surface area contributed by atoms with Crippen LogP contribution in [0.4, 0.5) is 0 Å². The molecular weight excluding hydrogens is 282 g/mol. The fourth-order valence-corrected chi connectivity index (χ4v) is 3.98. The Hall–Kier alpha value is -0.710. The topological polar surface area (TPSA) is 46.5 Å². The van der Waals surface area contributed by atoms with E-state index < -0.39 is 11.2 Å². The third-order valence-corrected chi connectivity index (χ3v) is 6.08. The van der Waals surface area contributed by atoms with E-state index in [2.05, 4.69) is 24.8 Å². The molecule has 0 amide bonds. The Morgan fingerprint density at radius 3 is 2.81 bits per heavy atom. The standard InChI is InChI=1S/C17H27NO2S/c1-4-21(20)11-10-18-9-8-13(2)14(3)17(18)15-6-5-7-16(19)12-15/h5-7,12-14,17,19H,4,8-11H2,1-3H3/t13-,14+,17?,21?/m0/s1. The van der Waals surface area contributed by atoms with Gasteiger partial charge in [-0.3, -0.25) is 4.90 Å². The number of piperidine rings is 1. The van der Waals surface area contributed by atoms with E-state index in [9.17, 15) is 9.66 Å². The van der Waals surface area contributed by atoms with Gasteiger partial charge in [-0.25, -0.2) is 0 Å². The number of aromatic hydroxyl groups is 1. The summed E-state index contributed by atoms with van der Waals surface area (Å²) in [6.45, 7) is 8.50. The second-order valence-corrected chi connectivity index (χ2v) is 8.00. The van der Waals surface area contributed by atoms with E-state index in [1.54, 1.807) is 6.07 Å². The molecule has 3 nitrogen and oxygen atoms in total. The van der Waals surface area contributed by atoms with Crippen LogP contribution >= 0.6 is 0 Å². The molecule has 1 aliphatic rings. The van der Waals surface area contributed by atoms with Crippen molar-refractivity contribution in [3.8, 4) is 5.75 Å². The summed E-state index contributed by atoms with van der Waals surface area (Å²) in [5.74, 6) is 3.01. The third kappa shape index (κ3) is 4.15. The van der Waals surface area contributed by atoms with Gasteiger partial charge in [0.1, 0.15) is 17.3 Å². The molecule has 0 saturated carbocycles. The van der Waals surface area contributed by atoms with Crippen LogP contribution in [-0.2, 0) is 11.2 Å². The maximum absolute atomic E-state index is 11.7. The molecule has 0 aliphatic carbocycles. The van der Waals surface area contributed by atoms with Crippen LogP contribution in [0, 0.1) is 11.8 Å². The average Bonchev–Trinajstić information content (AvgIpc) is 2.48. The Labute approximate surface area is 131 Å². The molecule has 1 aromatic carbocycles. The first kappa shape index (κ1) is 16.7. The lowest BCUT2D eigenvalue weighted by molar-refractivity contribution is 0.0687. The SMILES string of the molecule is CC[S+]([O-])CCN1CC[C@H](C)[C@@H](C)C1c1cccc(O)c1. The number of nitrogens with zero attached hydrogens (tertiary/aromatic N) is 1. The van der Waals surface area contributed by atoms with Crippen LogP contribution in [-0.4, -0.2) is 39.2 Å². The van der Waals surface area contributed by atoms with E-state index in [1.165, 1.54) is 12.0 Å². The van der Waals surface area contributed by atoms with Gasteiger partial charge < -0.3 is 9.66 Å². The zero-order chi connectivity index (χ0) is 15.4. The molecule has 1 heterocycles. The molecule has 0 spiro atoms. The van der Waals surface area contributed by atoms with E-state index in [0.717, 1.165) is 24.6 Å². The zero-order valence-electron chi connectivity index (χ0n) is 13.3. The molecule has 1 N–H and O–H groups in total. The van der Waals surface area contributed by atoms with Crippen LogP contribution < -0.4 is 0 Å². The number of hydrogen-bond acceptors (Lipinski definition) is 3. The second-order valence-electron chi connectivity index (χ2n) is 6.13. The van der Waals surface area contributed by atoms with Crippen molar-refractivity contribution in [3.63, 3.8) is 0 Å². The molecule has 1 saturated heterocycles. The summed E-state index contributed by atoms with van der Waals surface area (Å²) in [5.41, 5.74) is 1.18. The summed E-state index contributed by atoms with van der Waals surface area (Å²) >= 11 is -0.715. The summed E-state index contributed by atoms with van der Waals surface area (Å²) in [6.07, 6.45) is 1.19. The first-order valence-corrected chi connectivity index (χ1v) is 9.39. The van der Waals surface area contributed by atoms with Gasteiger partial charge in [0.05, 0.1) is 0 Å². The van der Waals surface area contributed by atoms with Crippen LogP contribution in [0.25, 0.3) is 0 Å². The highest BCUT2D eigenvalue weighted by molar-refractivity contribution is 7.91. The molecule has 0 radical (unpaired) electrons. The molecule has 1 aliphatic heterocycles. The molecule has 2 rings (SSSR count). The van der Waals surface area contributed by atoms with Crippen LogP contribution in [0.2, 0.25) is 0 Å². The van der Waals surface area contributed by atoms with Crippen molar-refractivity contribution in [1.82, 2.24) is 4.90 Å². The highest BCUT2D eigenvalue weighted by Crippen LogP contribution is 2.39. The van der Waals surface area contributed by atoms with Crippen molar-refractivity contribution in [2.45, 2.75) is 33.2 Å². The van der Waals surface area contributed by atoms with Gasteiger partial charge in [0.2, 0.25) is 0 Å². The Morgan fingerprint density at radius 2 is 2.14 bits per heavy atom. The first-order chi connectivity index (χ1) is 10.0. The second kappa shape index (κ2) is 7.52. The molecule has 2 unspecified atom stereocenters. The van der Waals surface area contributed by atoms with Crippen molar-refractivity contribution >= 4 is 11.2 Å². The lowest BCUT2D eigenvalue weighted by atomic mass is 9.79. The van der Waals surface area contributed by atoms with Gasteiger partial charge in [-0.2, -0.15) is 0 Å². The van der Waals surface area contributed by atoms with Crippen molar-refractivity contribution in [2.75, 3.05) is 24.6 Å². The predicted octanol–water partition coefficient (Wildman–Crippen LogP) is 3.18. The summed E-state index contributed by atoms with van der Waals surface area (Å²) in [5, 5.41) is 9.77. The molecular formula is C17H27NO2S. The quantitative estimate of drug-likeness (QED) is 0.850. The Balaban J connectivity index is 2.17. The molecule has 4 heteroatoms. The fourth-order valence-electron chi connectivity index (χ4n) is 3.25. The monoisotopic (exact) mass is 309 g/mol. The van der Waals surface area contributed by atoms with Crippen molar-refractivity contribution < 1.29 is 9.66 Å². The van der Waals surface area contributed by atoms with Gasteiger partial charge in [0.25, 0.3) is 0 Å². The highest BCUT2D eigenvalue weighted by atomic mass is 32.2. The Bertz CT molecular complexity index is 454. The minimum absolute atomic E-state index is 0.315. The van der Waals surface area contributed by atoms with E-state index in [4.69, 9.17) is 0 Å². The minimum Gasteiger partial charge on any atom is -0.616 e. The summed E-state index contributed by atoms with van der Waals surface area (Å²) < 4.78 is 11.7. The lowest BCUT2D eigenvalue weighted by Crippen LogP contribution is -2.43. The number of hydrogen-bond donors (Lipinski definition) is 1. The minimum atomic E-state index is -0.715. The largest absolute Gasteiger partial charge is 0.616 e. The number of phenolic OH excluding ortho intramolecular Hbond substituents is 1. The smallest absolute Gasteiger partial charge is 0.118 e. The first-order valence-electron chi connectivity index (χ1n) is 7.91. The maximum atomic E-state index is 11.7. The molecule has 1 fully saturated rings. The van der Waals surface area contributed by atoms with Gasteiger partial charge >= 0.3 is 0 Å². The van der Waals surface area contributed by atoms with E-state index in [1.807, 2.05) is 19.1 Å². The fraction of sp³-hybridized carbons (Fsp3) is 0.647. The van der Waals surface area contributed by atoms with E-state index in [-0.39, 0.29) is 0 Å². The van der Waals surface area contributed by atoms with Crippen LogP contribution in [0.5, 0.6) is 5.75 Å². The number of phenols is 1. The number of rotatable bonds is 5. The molecule has 21 heavy (non-hydrogen) atoms. The van der Waals surface area contributed by atoms with E-state index >= 15 is 0 Å². The van der Waals surface area contributed by atoms with Crippen molar-refractivity contribution in [2.24, 2.45) is 11.8 Å². The molecule has 1 aromatic rings. The summed E-state index contributed by atoms with van der Waals surface area (Å²) in [6, 6.07) is 7.93. The Kier molecular flexibility index (Phi) is 5.97. The van der Waals surface area contributed by atoms with E-state index in [0.29, 0.717) is 23.6 Å². The number of likely N-dealkylation sites (tertiary alicyclic amines) is 1. The number of benzene rings is 1. The van der Waals surface area contributed by atoms with Gasteiger partial charge in [-0.1, -0.05) is 37.2 Å². The highest BCUT2D eigenvalue weighted by Gasteiger charge is 2.34. The Morgan fingerprint density at radius 1 is 1.38 bits per heavy atom. The third-order valence-electron chi connectivity index (χ3n) is 4.80. The van der Waals surface area contributed by atoms with Crippen LogP contribution in [0.1, 0.15) is 38.8 Å². The lowest BCUT2D eigenvalue weighted by Gasteiger charge is -2.43.